The summed E-state index contributed by atoms with van der Waals surface area (Å²) in [5.74, 6) is 4.78. The molecule has 1 atom stereocenters. The van der Waals surface area contributed by atoms with Crippen molar-refractivity contribution >= 4 is 5.91 Å². The minimum atomic E-state index is -0.301. The van der Waals surface area contributed by atoms with Crippen LogP contribution in [0.4, 0.5) is 0 Å². The number of nitrogens with two attached hydrogens (primary N) is 1. The van der Waals surface area contributed by atoms with Crippen molar-refractivity contribution in [3.05, 3.63) is 35.4 Å². The van der Waals surface area contributed by atoms with Crippen molar-refractivity contribution in [2.75, 3.05) is 13.6 Å². The van der Waals surface area contributed by atoms with Crippen LogP contribution in [0.1, 0.15) is 22.8 Å². The highest BCUT2D eigenvalue weighted by Crippen LogP contribution is 2.08. The van der Waals surface area contributed by atoms with E-state index in [0.717, 1.165) is 5.56 Å². The SMILES string of the molecule is CC(C#N)CN(C)Cc1cccc(C(=O)NN)c1. The molecule has 0 aromatic heterocycles. The molecular weight excluding hydrogens is 228 g/mol. The molecule has 1 unspecified atom stereocenters. The second kappa shape index (κ2) is 6.74. The van der Waals surface area contributed by atoms with Crippen molar-refractivity contribution in [1.82, 2.24) is 10.3 Å². The maximum atomic E-state index is 11.4. The second-order valence-electron chi connectivity index (χ2n) is 4.40. The lowest BCUT2D eigenvalue weighted by molar-refractivity contribution is 0.0953. The Morgan fingerprint density at radius 2 is 2.33 bits per heavy atom. The highest BCUT2D eigenvalue weighted by molar-refractivity contribution is 5.93. The average molecular weight is 246 g/mol. The fraction of sp³-hybridized carbons (Fsp3) is 0.385. The van der Waals surface area contributed by atoms with Crippen LogP contribution in [0.2, 0.25) is 0 Å². The minimum absolute atomic E-state index is 0.00877. The molecule has 1 aromatic rings. The zero-order valence-electron chi connectivity index (χ0n) is 10.7. The zero-order valence-corrected chi connectivity index (χ0v) is 10.7. The third kappa shape index (κ3) is 4.17. The molecule has 0 radical (unpaired) electrons. The molecule has 0 aliphatic heterocycles. The normalized spacial score (nSPS) is 11.9. The van der Waals surface area contributed by atoms with Gasteiger partial charge in [0.2, 0.25) is 0 Å². The monoisotopic (exact) mass is 246 g/mol. The standard InChI is InChI=1S/C13H18N4O/c1-10(7-14)8-17(2)9-11-4-3-5-12(6-11)13(18)16-15/h3-6,10H,8-9,15H2,1-2H3,(H,16,18). The number of carbonyl (C=O) groups excluding carboxylic acids is 1. The molecular formula is C13H18N4O. The fourth-order valence-electron chi connectivity index (χ4n) is 1.78. The van der Waals surface area contributed by atoms with E-state index in [9.17, 15) is 4.79 Å². The number of amides is 1. The van der Waals surface area contributed by atoms with E-state index < -0.39 is 0 Å². The topological polar surface area (TPSA) is 82.2 Å². The molecule has 5 nitrogen and oxygen atoms in total. The van der Waals surface area contributed by atoms with Gasteiger partial charge in [0.15, 0.2) is 0 Å². The van der Waals surface area contributed by atoms with E-state index in [1.54, 1.807) is 12.1 Å². The lowest BCUT2D eigenvalue weighted by Crippen LogP contribution is -2.30. The highest BCUT2D eigenvalue weighted by atomic mass is 16.2. The van der Waals surface area contributed by atoms with Gasteiger partial charge in [-0.05, 0) is 31.7 Å². The number of nitrogens with zero attached hydrogens (tertiary/aromatic N) is 2. The summed E-state index contributed by atoms with van der Waals surface area (Å²) in [6.45, 7) is 3.27. The van der Waals surface area contributed by atoms with Gasteiger partial charge in [-0.15, -0.1) is 0 Å². The van der Waals surface area contributed by atoms with E-state index in [0.29, 0.717) is 18.7 Å². The summed E-state index contributed by atoms with van der Waals surface area (Å²) < 4.78 is 0. The summed E-state index contributed by atoms with van der Waals surface area (Å²) in [7, 11) is 1.95. The number of hydrogen-bond donors (Lipinski definition) is 2. The van der Waals surface area contributed by atoms with Gasteiger partial charge in [0.05, 0.1) is 12.0 Å². The molecule has 0 spiro atoms. The lowest BCUT2D eigenvalue weighted by Gasteiger charge is -2.18. The summed E-state index contributed by atoms with van der Waals surface area (Å²) in [5, 5.41) is 8.76. The van der Waals surface area contributed by atoms with Crippen LogP contribution in [0.15, 0.2) is 24.3 Å². The molecule has 1 rings (SSSR count). The molecule has 0 saturated heterocycles. The zero-order chi connectivity index (χ0) is 13.5. The van der Waals surface area contributed by atoms with Gasteiger partial charge in [-0.3, -0.25) is 10.2 Å². The Hall–Kier alpha value is -1.90. The van der Waals surface area contributed by atoms with Gasteiger partial charge in [0.25, 0.3) is 5.91 Å². The smallest absolute Gasteiger partial charge is 0.265 e. The van der Waals surface area contributed by atoms with Gasteiger partial charge in [-0.25, -0.2) is 5.84 Å². The average Bonchev–Trinajstić information content (AvgIpc) is 2.37. The molecule has 18 heavy (non-hydrogen) atoms. The number of benzene rings is 1. The molecule has 1 amide bonds. The minimum Gasteiger partial charge on any atom is -0.301 e. The quantitative estimate of drug-likeness (QED) is 0.459. The summed E-state index contributed by atoms with van der Waals surface area (Å²) in [6, 6.07) is 9.48. The van der Waals surface area contributed by atoms with Gasteiger partial charge >= 0.3 is 0 Å². The van der Waals surface area contributed by atoms with Crippen LogP contribution < -0.4 is 11.3 Å². The Balaban J connectivity index is 2.68. The first-order valence-corrected chi connectivity index (χ1v) is 5.75. The van der Waals surface area contributed by atoms with Crippen LogP contribution in [0.25, 0.3) is 0 Å². The van der Waals surface area contributed by atoms with E-state index in [2.05, 4.69) is 11.5 Å². The maximum Gasteiger partial charge on any atom is 0.265 e. The van der Waals surface area contributed by atoms with E-state index in [4.69, 9.17) is 11.1 Å². The van der Waals surface area contributed by atoms with Gasteiger partial charge in [-0.1, -0.05) is 12.1 Å². The summed E-state index contributed by atoms with van der Waals surface area (Å²) in [4.78, 5) is 13.4. The van der Waals surface area contributed by atoms with E-state index in [1.165, 1.54) is 0 Å². The van der Waals surface area contributed by atoms with E-state index in [1.807, 2.05) is 31.0 Å². The van der Waals surface area contributed by atoms with Gasteiger partial charge in [0.1, 0.15) is 0 Å². The number of nitrogen functional groups attached to an aromatic ring is 1. The van der Waals surface area contributed by atoms with Crippen molar-refractivity contribution in [2.45, 2.75) is 13.5 Å². The van der Waals surface area contributed by atoms with Gasteiger partial charge < -0.3 is 4.90 Å². The largest absolute Gasteiger partial charge is 0.301 e. The predicted octanol–water partition coefficient (Wildman–Crippen LogP) is 0.882. The Kier molecular flexibility index (Phi) is 5.31. The maximum absolute atomic E-state index is 11.4. The molecule has 0 aliphatic rings. The van der Waals surface area contributed by atoms with Crippen LogP contribution in [-0.2, 0) is 6.54 Å². The van der Waals surface area contributed by atoms with Crippen molar-refractivity contribution in [3.8, 4) is 6.07 Å². The third-order valence-electron chi connectivity index (χ3n) is 2.58. The van der Waals surface area contributed by atoms with E-state index in [-0.39, 0.29) is 11.8 Å². The molecule has 3 N–H and O–H groups in total. The molecule has 0 aliphatic carbocycles. The van der Waals surface area contributed by atoms with Crippen molar-refractivity contribution < 1.29 is 4.79 Å². The molecule has 96 valence electrons. The number of rotatable bonds is 5. The Bertz CT molecular complexity index is 453. The fourth-order valence-corrected chi connectivity index (χ4v) is 1.78. The Morgan fingerprint density at radius 3 is 2.94 bits per heavy atom. The van der Waals surface area contributed by atoms with Gasteiger partial charge in [0, 0.05) is 18.7 Å². The molecule has 0 heterocycles. The number of hydrazine groups is 1. The van der Waals surface area contributed by atoms with Crippen LogP contribution in [-0.4, -0.2) is 24.4 Å². The first-order valence-electron chi connectivity index (χ1n) is 5.75. The first-order chi connectivity index (χ1) is 8.56. The number of carbonyl (C=O) groups is 1. The first kappa shape index (κ1) is 14.2. The molecule has 0 saturated carbocycles. The highest BCUT2D eigenvalue weighted by Gasteiger charge is 2.08. The van der Waals surface area contributed by atoms with Crippen molar-refractivity contribution in [3.63, 3.8) is 0 Å². The number of hydrogen-bond acceptors (Lipinski definition) is 4. The molecule has 5 heteroatoms. The molecule has 0 bridgehead atoms. The summed E-state index contributed by atoms with van der Waals surface area (Å²) in [6.07, 6.45) is 0. The molecule has 0 fully saturated rings. The third-order valence-corrected chi connectivity index (χ3v) is 2.58. The summed E-state index contributed by atoms with van der Waals surface area (Å²) >= 11 is 0. The van der Waals surface area contributed by atoms with Crippen molar-refractivity contribution in [2.24, 2.45) is 11.8 Å². The number of nitrogens with one attached hydrogen (secondary N) is 1. The number of nitriles is 1. The van der Waals surface area contributed by atoms with Crippen LogP contribution in [0.3, 0.4) is 0 Å². The van der Waals surface area contributed by atoms with E-state index >= 15 is 0 Å². The summed E-state index contributed by atoms with van der Waals surface area (Å²) in [5.41, 5.74) is 3.66. The van der Waals surface area contributed by atoms with Crippen molar-refractivity contribution in [1.29, 1.82) is 5.26 Å². The van der Waals surface area contributed by atoms with Crippen LogP contribution in [0, 0.1) is 17.2 Å². The molecule has 1 aromatic carbocycles. The Labute approximate surface area is 107 Å². The second-order valence-corrected chi connectivity index (χ2v) is 4.40. The van der Waals surface area contributed by atoms with Gasteiger partial charge in [-0.2, -0.15) is 5.26 Å². The Morgan fingerprint density at radius 1 is 1.61 bits per heavy atom. The van der Waals surface area contributed by atoms with Crippen LogP contribution >= 0.6 is 0 Å². The predicted molar refractivity (Wildman–Crippen MR) is 69.2 cm³/mol. The lowest BCUT2D eigenvalue weighted by atomic mass is 10.1. The van der Waals surface area contributed by atoms with Crippen LogP contribution in [0.5, 0.6) is 0 Å².